The first-order chi connectivity index (χ1) is 11.2. The van der Waals surface area contributed by atoms with E-state index in [0.29, 0.717) is 31.2 Å². The topological polar surface area (TPSA) is 75.9 Å². The zero-order valence-electron chi connectivity index (χ0n) is 13.2. The van der Waals surface area contributed by atoms with E-state index in [9.17, 15) is 9.59 Å². The number of rotatable bonds is 4. The summed E-state index contributed by atoms with van der Waals surface area (Å²) in [4.78, 5) is 28.0. The standard InChI is InChI=1S/C17H23N3O3/c18-11-13-5-8-19(9-6-13)16(21)7-10-20-14-3-1-2-4-15(14)23-12-17(20)22/h1-4,13H,5-12,18H2. The lowest BCUT2D eigenvalue weighted by atomic mass is 9.97. The average Bonchev–Trinajstić information content (AvgIpc) is 2.60. The maximum atomic E-state index is 12.4. The van der Waals surface area contributed by atoms with Crippen LogP contribution in [0.5, 0.6) is 5.75 Å². The number of carbonyl (C=O) groups excluding carboxylic acids is 2. The lowest BCUT2D eigenvalue weighted by Crippen LogP contribution is -2.43. The van der Waals surface area contributed by atoms with Crippen molar-refractivity contribution in [1.82, 2.24) is 4.90 Å². The molecule has 6 heteroatoms. The van der Waals surface area contributed by atoms with Crippen molar-refractivity contribution >= 4 is 17.5 Å². The van der Waals surface area contributed by atoms with E-state index in [4.69, 9.17) is 10.5 Å². The molecule has 0 aliphatic carbocycles. The first-order valence-electron chi connectivity index (χ1n) is 8.19. The number of ether oxygens (including phenoxy) is 1. The fraction of sp³-hybridized carbons (Fsp3) is 0.529. The normalized spacial score (nSPS) is 18.6. The fourth-order valence-corrected chi connectivity index (χ4v) is 3.18. The number of piperidine rings is 1. The highest BCUT2D eigenvalue weighted by Crippen LogP contribution is 2.31. The predicted octanol–water partition coefficient (Wildman–Crippen LogP) is 0.999. The zero-order valence-corrected chi connectivity index (χ0v) is 13.2. The number of hydrogen-bond donors (Lipinski definition) is 1. The van der Waals surface area contributed by atoms with Gasteiger partial charge in [-0.3, -0.25) is 9.59 Å². The van der Waals surface area contributed by atoms with Crippen molar-refractivity contribution in [3.63, 3.8) is 0 Å². The molecular formula is C17H23N3O3. The number of fused-ring (bicyclic) bond motifs is 1. The van der Waals surface area contributed by atoms with Crippen LogP contribution in [0.1, 0.15) is 19.3 Å². The van der Waals surface area contributed by atoms with Crippen molar-refractivity contribution in [3.05, 3.63) is 24.3 Å². The van der Waals surface area contributed by atoms with Gasteiger partial charge in [0, 0.05) is 26.1 Å². The Hall–Kier alpha value is -2.08. The summed E-state index contributed by atoms with van der Waals surface area (Å²) in [6.07, 6.45) is 2.29. The van der Waals surface area contributed by atoms with Crippen LogP contribution in [0.4, 0.5) is 5.69 Å². The second kappa shape index (κ2) is 7.00. The molecule has 1 aromatic rings. The van der Waals surface area contributed by atoms with E-state index < -0.39 is 0 Å². The van der Waals surface area contributed by atoms with Gasteiger partial charge in [0.2, 0.25) is 5.91 Å². The SMILES string of the molecule is NCC1CCN(C(=O)CCN2C(=O)COc3ccccc32)CC1. The van der Waals surface area contributed by atoms with Gasteiger partial charge in [0.25, 0.3) is 5.91 Å². The van der Waals surface area contributed by atoms with Gasteiger partial charge in [0.15, 0.2) is 6.61 Å². The van der Waals surface area contributed by atoms with Crippen LogP contribution in [0, 0.1) is 5.92 Å². The third-order valence-corrected chi connectivity index (χ3v) is 4.66. The Morgan fingerprint density at radius 1 is 1.26 bits per heavy atom. The third kappa shape index (κ3) is 3.47. The molecule has 0 saturated carbocycles. The van der Waals surface area contributed by atoms with E-state index in [2.05, 4.69) is 0 Å². The second-order valence-electron chi connectivity index (χ2n) is 6.11. The molecule has 0 bridgehead atoms. The number of para-hydroxylation sites is 2. The van der Waals surface area contributed by atoms with E-state index in [1.807, 2.05) is 29.2 Å². The van der Waals surface area contributed by atoms with Crippen LogP contribution in [-0.2, 0) is 9.59 Å². The molecule has 1 fully saturated rings. The maximum Gasteiger partial charge on any atom is 0.265 e. The molecule has 2 aliphatic heterocycles. The van der Waals surface area contributed by atoms with Gasteiger partial charge in [-0.05, 0) is 37.4 Å². The molecule has 0 atom stereocenters. The van der Waals surface area contributed by atoms with Crippen LogP contribution in [0.3, 0.4) is 0 Å². The number of carbonyl (C=O) groups is 2. The van der Waals surface area contributed by atoms with Crippen molar-refractivity contribution in [2.24, 2.45) is 11.7 Å². The number of hydrogen-bond acceptors (Lipinski definition) is 4. The summed E-state index contributed by atoms with van der Waals surface area (Å²) >= 11 is 0. The lowest BCUT2D eigenvalue weighted by molar-refractivity contribution is -0.132. The quantitative estimate of drug-likeness (QED) is 0.899. The molecule has 1 aromatic carbocycles. The Labute approximate surface area is 136 Å². The van der Waals surface area contributed by atoms with E-state index in [-0.39, 0.29) is 18.4 Å². The van der Waals surface area contributed by atoms with E-state index in [1.54, 1.807) is 4.90 Å². The highest BCUT2D eigenvalue weighted by molar-refractivity contribution is 5.98. The van der Waals surface area contributed by atoms with Gasteiger partial charge >= 0.3 is 0 Å². The van der Waals surface area contributed by atoms with Crippen LogP contribution in [-0.4, -0.2) is 49.5 Å². The molecule has 0 radical (unpaired) electrons. The van der Waals surface area contributed by atoms with E-state index in [0.717, 1.165) is 31.6 Å². The third-order valence-electron chi connectivity index (χ3n) is 4.66. The largest absolute Gasteiger partial charge is 0.482 e. The molecule has 0 spiro atoms. The number of amides is 2. The monoisotopic (exact) mass is 317 g/mol. The minimum absolute atomic E-state index is 0.0348. The molecule has 0 aromatic heterocycles. The smallest absolute Gasteiger partial charge is 0.265 e. The van der Waals surface area contributed by atoms with Crippen molar-refractivity contribution in [2.75, 3.05) is 37.7 Å². The summed E-state index contributed by atoms with van der Waals surface area (Å²) in [5.74, 6) is 1.24. The fourth-order valence-electron chi connectivity index (χ4n) is 3.18. The molecule has 6 nitrogen and oxygen atoms in total. The van der Waals surface area contributed by atoms with E-state index in [1.165, 1.54) is 0 Å². The van der Waals surface area contributed by atoms with Crippen molar-refractivity contribution < 1.29 is 14.3 Å². The van der Waals surface area contributed by atoms with Crippen molar-refractivity contribution in [1.29, 1.82) is 0 Å². The zero-order chi connectivity index (χ0) is 16.2. The Bertz CT molecular complexity index is 582. The van der Waals surface area contributed by atoms with Gasteiger partial charge < -0.3 is 20.3 Å². The minimum Gasteiger partial charge on any atom is -0.482 e. The molecule has 2 amide bonds. The number of anilines is 1. The molecule has 124 valence electrons. The molecule has 2 N–H and O–H groups in total. The van der Waals surface area contributed by atoms with Crippen molar-refractivity contribution in [2.45, 2.75) is 19.3 Å². The molecule has 2 heterocycles. The Kier molecular flexibility index (Phi) is 4.81. The van der Waals surface area contributed by atoms with Gasteiger partial charge in [0.1, 0.15) is 5.75 Å². The molecule has 23 heavy (non-hydrogen) atoms. The summed E-state index contributed by atoms with van der Waals surface area (Å²) in [6.45, 7) is 2.67. The molecular weight excluding hydrogens is 294 g/mol. The number of nitrogens with two attached hydrogens (primary N) is 1. The average molecular weight is 317 g/mol. The Morgan fingerprint density at radius 2 is 2.00 bits per heavy atom. The number of nitrogens with zero attached hydrogens (tertiary/aromatic N) is 2. The van der Waals surface area contributed by atoms with Gasteiger partial charge in [-0.1, -0.05) is 12.1 Å². The lowest BCUT2D eigenvalue weighted by Gasteiger charge is -2.33. The highest BCUT2D eigenvalue weighted by Gasteiger charge is 2.27. The first-order valence-corrected chi connectivity index (χ1v) is 8.19. The highest BCUT2D eigenvalue weighted by atomic mass is 16.5. The van der Waals surface area contributed by atoms with Crippen LogP contribution in [0.2, 0.25) is 0 Å². The van der Waals surface area contributed by atoms with Crippen molar-refractivity contribution in [3.8, 4) is 5.75 Å². The maximum absolute atomic E-state index is 12.4. The van der Waals surface area contributed by atoms with Crippen LogP contribution >= 0.6 is 0 Å². The van der Waals surface area contributed by atoms with Gasteiger partial charge in [-0.25, -0.2) is 0 Å². The first kappa shape index (κ1) is 15.8. The number of likely N-dealkylation sites (tertiary alicyclic amines) is 1. The van der Waals surface area contributed by atoms with Gasteiger partial charge in [0.05, 0.1) is 5.69 Å². The molecule has 1 saturated heterocycles. The summed E-state index contributed by atoms with van der Waals surface area (Å²) in [6, 6.07) is 7.44. The molecule has 2 aliphatic rings. The molecule has 0 unspecified atom stereocenters. The second-order valence-corrected chi connectivity index (χ2v) is 6.11. The summed E-state index contributed by atoms with van der Waals surface area (Å²) in [7, 11) is 0. The predicted molar refractivity (Wildman–Crippen MR) is 87.3 cm³/mol. The van der Waals surface area contributed by atoms with Gasteiger partial charge in [-0.15, -0.1) is 0 Å². The minimum atomic E-state index is -0.0988. The number of benzene rings is 1. The van der Waals surface area contributed by atoms with E-state index >= 15 is 0 Å². The summed E-state index contributed by atoms with van der Waals surface area (Å²) in [5.41, 5.74) is 6.43. The summed E-state index contributed by atoms with van der Waals surface area (Å²) < 4.78 is 5.41. The van der Waals surface area contributed by atoms with Crippen LogP contribution < -0.4 is 15.4 Å². The molecule has 3 rings (SSSR count). The Morgan fingerprint density at radius 3 is 2.74 bits per heavy atom. The van der Waals surface area contributed by atoms with Crippen LogP contribution in [0.15, 0.2) is 24.3 Å². The summed E-state index contributed by atoms with van der Waals surface area (Å²) in [5, 5.41) is 0. The van der Waals surface area contributed by atoms with Crippen LogP contribution in [0.25, 0.3) is 0 Å². The van der Waals surface area contributed by atoms with Gasteiger partial charge in [-0.2, -0.15) is 0 Å². The Balaban J connectivity index is 1.58.